The fraction of sp³-hybridized carbons (Fsp3) is 1.00. The third kappa shape index (κ3) is 4.51. The zero-order valence-electron chi connectivity index (χ0n) is 5.55. The standard InChI is InChI=1S/C5H13O2P/c1-4(6-3)7-5(2)8/h4-5H,8H2,1-3H3. The molecule has 0 spiro atoms. The first-order chi connectivity index (χ1) is 3.66. The van der Waals surface area contributed by atoms with E-state index in [1.807, 2.05) is 13.8 Å². The van der Waals surface area contributed by atoms with E-state index in [-0.39, 0.29) is 12.1 Å². The largest absolute Gasteiger partial charge is 0.356 e. The van der Waals surface area contributed by atoms with Crippen LogP contribution in [0.2, 0.25) is 0 Å². The Morgan fingerprint density at radius 1 is 1.38 bits per heavy atom. The summed E-state index contributed by atoms with van der Waals surface area (Å²) in [5.41, 5.74) is 0. The molecule has 3 atom stereocenters. The second-order valence-corrected chi connectivity index (χ2v) is 2.58. The Morgan fingerprint density at radius 2 is 1.88 bits per heavy atom. The molecule has 2 nitrogen and oxygen atoms in total. The molecule has 8 heavy (non-hydrogen) atoms. The van der Waals surface area contributed by atoms with Gasteiger partial charge in [0.05, 0.1) is 5.85 Å². The molecule has 0 aromatic heterocycles. The van der Waals surface area contributed by atoms with E-state index in [4.69, 9.17) is 9.47 Å². The second-order valence-electron chi connectivity index (χ2n) is 1.64. The lowest BCUT2D eigenvalue weighted by Gasteiger charge is -2.12. The van der Waals surface area contributed by atoms with Crippen LogP contribution in [0.25, 0.3) is 0 Å². The smallest absolute Gasteiger partial charge is 0.155 e. The molecule has 0 aromatic carbocycles. The number of ether oxygens (including phenoxy) is 2. The number of hydrogen-bond acceptors (Lipinski definition) is 2. The summed E-state index contributed by atoms with van der Waals surface area (Å²) >= 11 is 0. The first-order valence-electron chi connectivity index (χ1n) is 2.60. The van der Waals surface area contributed by atoms with Gasteiger partial charge in [0.25, 0.3) is 0 Å². The molecule has 50 valence electrons. The summed E-state index contributed by atoms with van der Waals surface area (Å²) in [4.78, 5) is 0. The first-order valence-corrected chi connectivity index (χ1v) is 3.27. The van der Waals surface area contributed by atoms with Crippen molar-refractivity contribution >= 4 is 9.24 Å². The Bertz CT molecular complexity index is 56.4. The van der Waals surface area contributed by atoms with Crippen molar-refractivity contribution in [2.45, 2.75) is 26.0 Å². The Morgan fingerprint density at radius 3 is 2.00 bits per heavy atom. The molecule has 0 radical (unpaired) electrons. The topological polar surface area (TPSA) is 18.5 Å². The Balaban J connectivity index is 3.10. The summed E-state index contributed by atoms with van der Waals surface area (Å²) in [6.45, 7) is 3.81. The molecule has 0 aliphatic rings. The average Bonchev–Trinajstić information content (AvgIpc) is 1.65. The molecule has 0 amide bonds. The van der Waals surface area contributed by atoms with Gasteiger partial charge in [-0.1, -0.05) is 0 Å². The fourth-order valence-corrected chi connectivity index (χ4v) is 0.579. The van der Waals surface area contributed by atoms with Crippen LogP contribution < -0.4 is 0 Å². The lowest BCUT2D eigenvalue weighted by atomic mass is 10.7. The van der Waals surface area contributed by atoms with E-state index >= 15 is 0 Å². The van der Waals surface area contributed by atoms with Crippen LogP contribution in [0.1, 0.15) is 13.8 Å². The zero-order chi connectivity index (χ0) is 6.57. The van der Waals surface area contributed by atoms with Crippen molar-refractivity contribution in [1.82, 2.24) is 0 Å². The summed E-state index contributed by atoms with van der Waals surface area (Å²) in [5, 5.41) is 0. The minimum absolute atomic E-state index is 0.0949. The zero-order valence-corrected chi connectivity index (χ0v) is 6.70. The van der Waals surface area contributed by atoms with Gasteiger partial charge >= 0.3 is 0 Å². The summed E-state index contributed by atoms with van der Waals surface area (Å²) in [6.07, 6.45) is -0.0949. The van der Waals surface area contributed by atoms with Crippen LogP contribution >= 0.6 is 9.24 Å². The monoisotopic (exact) mass is 136 g/mol. The highest BCUT2D eigenvalue weighted by molar-refractivity contribution is 7.17. The lowest BCUT2D eigenvalue weighted by Crippen LogP contribution is -2.13. The molecule has 0 fully saturated rings. The molecule has 3 unspecified atom stereocenters. The molecule has 0 aliphatic carbocycles. The molecule has 0 aliphatic heterocycles. The quantitative estimate of drug-likeness (QED) is 0.429. The molecule has 0 bridgehead atoms. The van der Waals surface area contributed by atoms with Gasteiger partial charge in [0.15, 0.2) is 6.29 Å². The highest BCUT2D eigenvalue weighted by Crippen LogP contribution is 2.03. The van der Waals surface area contributed by atoms with Gasteiger partial charge in [-0.15, -0.1) is 9.24 Å². The highest BCUT2D eigenvalue weighted by Gasteiger charge is 1.99. The van der Waals surface area contributed by atoms with Crippen LogP contribution in [0, 0.1) is 0 Å². The molecular formula is C5H13O2P. The molecule has 0 N–H and O–H groups in total. The van der Waals surface area contributed by atoms with Gasteiger partial charge in [0.2, 0.25) is 0 Å². The maximum Gasteiger partial charge on any atom is 0.155 e. The van der Waals surface area contributed by atoms with E-state index in [0.717, 1.165) is 0 Å². The summed E-state index contributed by atoms with van der Waals surface area (Å²) in [6, 6.07) is 0. The maximum atomic E-state index is 5.14. The predicted octanol–water partition coefficient (Wildman–Crippen LogP) is 1.22. The van der Waals surface area contributed by atoms with Gasteiger partial charge in [0.1, 0.15) is 0 Å². The minimum atomic E-state index is -0.0949. The van der Waals surface area contributed by atoms with Crippen LogP contribution in [0.3, 0.4) is 0 Å². The average molecular weight is 136 g/mol. The van der Waals surface area contributed by atoms with Crippen LogP contribution in [-0.4, -0.2) is 19.2 Å². The van der Waals surface area contributed by atoms with E-state index in [1.54, 1.807) is 7.11 Å². The molecule has 0 aromatic rings. The Labute approximate surface area is 52.8 Å². The molecule has 3 heteroatoms. The Hall–Kier alpha value is 0.350. The van der Waals surface area contributed by atoms with Gasteiger partial charge in [0, 0.05) is 7.11 Å². The number of hydrogen-bond donors (Lipinski definition) is 0. The van der Waals surface area contributed by atoms with Crippen molar-refractivity contribution in [2.24, 2.45) is 0 Å². The normalized spacial score (nSPS) is 18.0. The molecule has 0 heterocycles. The van der Waals surface area contributed by atoms with E-state index in [2.05, 4.69) is 9.24 Å². The highest BCUT2D eigenvalue weighted by atomic mass is 31.0. The maximum absolute atomic E-state index is 5.14. The lowest BCUT2D eigenvalue weighted by molar-refractivity contribution is -0.116. The van der Waals surface area contributed by atoms with Gasteiger partial charge < -0.3 is 9.47 Å². The first kappa shape index (κ1) is 8.35. The van der Waals surface area contributed by atoms with Crippen molar-refractivity contribution in [3.8, 4) is 0 Å². The molecular weight excluding hydrogens is 123 g/mol. The number of methoxy groups -OCH3 is 1. The van der Waals surface area contributed by atoms with E-state index < -0.39 is 0 Å². The van der Waals surface area contributed by atoms with Crippen LogP contribution in [0.15, 0.2) is 0 Å². The van der Waals surface area contributed by atoms with Crippen LogP contribution in [0.4, 0.5) is 0 Å². The second kappa shape index (κ2) is 4.25. The summed E-state index contributed by atoms with van der Waals surface area (Å²) in [5.74, 6) is 0.171. The van der Waals surface area contributed by atoms with Gasteiger partial charge in [-0.3, -0.25) is 0 Å². The Kier molecular flexibility index (Phi) is 4.44. The SMILES string of the molecule is COC(C)OC(C)P. The summed E-state index contributed by atoms with van der Waals surface area (Å²) in [7, 11) is 4.15. The van der Waals surface area contributed by atoms with Crippen molar-refractivity contribution in [3.63, 3.8) is 0 Å². The number of rotatable bonds is 3. The molecule has 0 saturated carbocycles. The predicted molar refractivity (Wildman–Crippen MR) is 36.7 cm³/mol. The van der Waals surface area contributed by atoms with Crippen LogP contribution in [-0.2, 0) is 9.47 Å². The van der Waals surface area contributed by atoms with E-state index in [9.17, 15) is 0 Å². The third-order valence-corrected chi connectivity index (χ3v) is 0.895. The van der Waals surface area contributed by atoms with Crippen molar-refractivity contribution < 1.29 is 9.47 Å². The van der Waals surface area contributed by atoms with Gasteiger partial charge in [-0.2, -0.15) is 0 Å². The third-order valence-electron chi connectivity index (χ3n) is 0.738. The van der Waals surface area contributed by atoms with Gasteiger partial charge in [-0.05, 0) is 13.8 Å². The van der Waals surface area contributed by atoms with Crippen molar-refractivity contribution in [1.29, 1.82) is 0 Å². The van der Waals surface area contributed by atoms with Crippen LogP contribution in [0.5, 0.6) is 0 Å². The van der Waals surface area contributed by atoms with E-state index in [1.165, 1.54) is 0 Å². The summed E-state index contributed by atoms with van der Waals surface area (Å²) < 4.78 is 9.97. The molecule has 0 saturated heterocycles. The van der Waals surface area contributed by atoms with Gasteiger partial charge in [-0.25, -0.2) is 0 Å². The molecule has 0 rings (SSSR count). The minimum Gasteiger partial charge on any atom is -0.356 e. The van der Waals surface area contributed by atoms with E-state index in [0.29, 0.717) is 0 Å². The fourth-order valence-electron chi connectivity index (χ4n) is 0.358. The van der Waals surface area contributed by atoms with Crippen molar-refractivity contribution in [2.75, 3.05) is 7.11 Å². The van der Waals surface area contributed by atoms with Crippen molar-refractivity contribution in [3.05, 3.63) is 0 Å².